The minimum absolute atomic E-state index is 0.185. The van der Waals surface area contributed by atoms with Crippen molar-refractivity contribution in [1.29, 1.82) is 0 Å². The first kappa shape index (κ1) is 14.5. The van der Waals surface area contributed by atoms with Crippen LogP contribution in [0.4, 0.5) is 4.79 Å². The number of aromatic amines is 1. The van der Waals surface area contributed by atoms with Crippen LogP contribution in [0.15, 0.2) is 36.5 Å². The van der Waals surface area contributed by atoms with Crippen molar-refractivity contribution in [3.63, 3.8) is 0 Å². The van der Waals surface area contributed by atoms with Gasteiger partial charge in [-0.1, -0.05) is 24.3 Å². The molecule has 0 bridgehead atoms. The van der Waals surface area contributed by atoms with Crippen LogP contribution in [-0.4, -0.2) is 22.5 Å². The Morgan fingerprint density at radius 1 is 1.25 bits per heavy atom. The van der Waals surface area contributed by atoms with E-state index in [-0.39, 0.29) is 6.03 Å². The number of carbonyl (C=O) groups excluding carboxylic acids is 1. The second kappa shape index (κ2) is 7.59. The zero-order valence-corrected chi connectivity index (χ0v) is 12.2. The van der Waals surface area contributed by atoms with E-state index in [4.69, 9.17) is 0 Å². The number of amides is 2. The molecule has 0 saturated heterocycles. The summed E-state index contributed by atoms with van der Waals surface area (Å²) in [4.78, 5) is 11.7. The first-order chi connectivity index (χ1) is 9.78. The van der Waals surface area contributed by atoms with Crippen molar-refractivity contribution in [2.24, 2.45) is 0 Å². The van der Waals surface area contributed by atoms with Crippen LogP contribution in [0.25, 0.3) is 0 Å². The average molecular weight is 290 g/mol. The van der Waals surface area contributed by atoms with Crippen LogP contribution < -0.4 is 10.6 Å². The van der Waals surface area contributed by atoms with Gasteiger partial charge < -0.3 is 10.6 Å². The number of urea groups is 1. The summed E-state index contributed by atoms with van der Waals surface area (Å²) in [5, 5.41) is 12.2. The Bertz CT molecular complexity index is 542. The third-order valence-corrected chi connectivity index (χ3v) is 3.38. The third kappa shape index (κ3) is 4.62. The first-order valence-electron chi connectivity index (χ1n) is 6.34. The van der Waals surface area contributed by atoms with Crippen molar-refractivity contribution >= 4 is 17.8 Å². The maximum Gasteiger partial charge on any atom is 0.315 e. The molecular weight excluding hydrogens is 272 g/mol. The number of H-pyrrole nitrogens is 1. The fourth-order valence-corrected chi connectivity index (χ4v) is 2.31. The smallest absolute Gasteiger partial charge is 0.315 e. The maximum atomic E-state index is 11.7. The Morgan fingerprint density at radius 3 is 2.80 bits per heavy atom. The number of aromatic nitrogens is 2. The zero-order chi connectivity index (χ0) is 14.2. The molecule has 0 aliphatic rings. The van der Waals surface area contributed by atoms with Crippen LogP contribution in [0.3, 0.4) is 0 Å². The van der Waals surface area contributed by atoms with Crippen molar-refractivity contribution in [1.82, 2.24) is 20.8 Å². The fourth-order valence-electron chi connectivity index (χ4n) is 1.80. The van der Waals surface area contributed by atoms with Crippen LogP contribution in [0.2, 0.25) is 0 Å². The molecule has 106 valence electrons. The third-order valence-electron chi connectivity index (χ3n) is 2.75. The van der Waals surface area contributed by atoms with E-state index in [9.17, 15) is 4.79 Å². The van der Waals surface area contributed by atoms with E-state index in [0.717, 1.165) is 17.0 Å². The Kier molecular flexibility index (Phi) is 5.49. The number of carbonyl (C=O) groups is 1. The van der Waals surface area contributed by atoms with Crippen molar-refractivity contribution in [2.45, 2.75) is 18.8 Å². The Morgan fingerprint density at radius 2 is 2.05 bits per heavy atom. The molecule has 0 radical (unpaired) electrons. The predicted octanol–water partition coefficient (Wildman–Crippen LogP) is 2.27. The maximum absolute atomic E-state index is 11.7. The molecule has 2 rings (SSSR count). The molecule has 0 atom stereocenters. The molecule has 0 aliphatic heterocycles. The Balaban J connectivity index is 1.76. The molecule has 0 unspecified atom stereocenters. The van der Waals surface area contributed by atoms with E-state index in [1.165, 1.54) is 5.56 Å². The first-order valence-corrected chi connectivity index (χ1v) is 7.74. The van der Waals surface area contributed by atoms with Gasteiger partial charge in [0.25, 0.3) is 0 Å². The summed E-state index contributed by atoms with van der Waals surface area (Å²) < 4.78 is 0. The Hall–Kier alpha value is -1.95. The Labute approximate surface area is 122 Å². The molecule has 0 saturated carbocycles. The standard InChI is InChI=1S/C14H18N4OS/c1-20-10-12-4-2-3-11(7-12)8-15-14(19)16-9-13-5-6-17-18-13/h2-7H,8-10H2,1H3,(H,17,18)(H2,15,16,19). The van der Waals surface area contributed by atoms with Crippen molar-refractivity contribution in [3.8, 4) is 0 Å². The number of benzene rings is 1. The van der Waals surface area contributed by atoms with Gasteiger partial charge in [-0.3, -0.25) is 5.10 Å². The number of hydrogen-bond donors (Lipinski definition) is 3. The monoisotopic (exact) mass is 290 g/mol. The topological polar surface area (TPSA) is 69.8 Å². The quantitative estimate of drug-likeness (QED) is 0.764. The summed E-state index contributed by atoms with van der Waals surface area (Å²) in [5.41, 5.74) is 3.25. The summed E-state index contributed by atoms with van der Waals surface area (Å²) in [6.07, 6.45) is 3.74. The summed E-state index contributed by atoms with van der Waals surface area (Å²) >= 11 is 1.79. The van der Waals surface area contributed by atoms with Crippen molar-refractivity contribution in [2.75, 3.05) is 6.26 Å². The fraction of sp³-hybridized carbons (Fsp3) is 0.286. The lowest BCUT2D eigenvalue weighted by Gasteiger charge is -2.08. The lowest BCUT2D eigenvalue weighted by atomic mass is 10.1. The molecule has 1 heterocycles. The minimum atomic E-state index is -0.185. The highest BCUT2D eigenvalue weighted by atomic mass is 32.2. The molecule has 5 nitrogen and oxygen atoms in total. The van der Waals surface area contributed by atoms with Crippen molar-refractivity contribution in [3.05, 3.63) is 53.3 Å². The van der Waals surface area contributed by atoms with Gasteiger partial charge in [-0.25, -0.2) is 4.79 Å². The molecule has 1 aromatic heterocycles. The number of hydrogen-bond acceptors (Lipinski definition) is 3. The highest BCUT2D eigenvalue weighted by molar-refractivity contribution is 7.97. The van der Waals surface area contributed by atoms with Crippen LogP contribution in [0.1, 0.15) is 16.8 Å². The van der Waals surface area contributed by atoms with Crippen LogP contribution in [0, 0.1) is 0 Å². The second-order valence-electron chi connectivity index (χ2n) is 4.37. The van der Waals surface area contributed by atoms with E-state index in [1.54, 1.807) is 18.0 Å². The van der Waals surface area contributed by atoms with E-state index in [1.807, 2.05) is 18.2 Å². The van der Waals surface area contributed by atoms with Gasteiger partial charge in [0.05, 0.1) is 12.2 Å². The molecule has 1 aromatic carbocycles. The van der Waals surface area contributed by atoms with Gasteiger partial charge in [-0.15, -0.1) is 0 Å². The van der Waals surface area contributed by atoms with Gasteiger partial charge in [0.2, 0.25) is 0 Å². The largest absolute Gasteiger partial charge is 0.334 e. The van der Waals surface area contributed by atoms with E-state index in [0.29, 0.717) is 13.1 Å². The van der Waals surface area contributed by atoms with Gasteiger partial charge in [0, 0.05) is 18.5 Å². The molecule has 6 heteroatoms. The molecular formula is C14H18N4OS. The summed E-state index contributed by atoms with van der Waals surface area (Å²) in [6, 6.07) is 9.88. The van der Waals surface area contributed by atoms with Gasteiger partial charge in [0.1, 0.15) is 0 Å². The average Bonchev–Trinajstić information content (AvgIpc) is 2.97. The lowest BCUT2D eigenvalue weighted by molar-refractivity contribution is 0.240. The molecule has 0 spiro atoms. The second-order valence-corrected chi connectivity index (χ2v) is 5.24. The predicted molar refractivity (Wildman–Crippen MR) is 81.3 cm³/mol. The molecule has 0 fully saturated rings. The van der Waals surface area contributed by atoms with Gasteiger partial charge >= 0.3 is 6.03 Å². The molecule has 2 aromatic rings. The van der Waals surface area contributed by atoms with E-state index >= 15 is 0 Å². The minimum Gasteiger partial charge on any atom is -0.334 e. The van der Waals surface area contributed by atoms with Gasteiger partial charge in [0.15, 0.2) is 0 Å². The summed E-state index contributed by atoms with van der Waals surface area (Å²) in [5.74, 6) is 0.986. The highest BCUT2D eigenvalue weighted by Crippen LogP contribution is 2.11. The molecule has 0 aliphatic carbocycles. The van der Waals surface area contributed by atoms with E-state index in [2.05, 4.69) is 39.2 Å². The molecule has 3 N–H and O–H groups in total. The summed E-state index contributed by atoms with van der Waals surface area (Å²) in [7, 11) is 0. The molecule has 2 amide bonds. The summed E-state index contributed by atoms with van der Waals surface area (Å²) in [6.45, 7) is 0.968. The number of thioether (sulfide) groups is 1. The van der Waals surface area contributed by atoms with Crippen molar-refractivity contribution < 1.29 is 4.79 Å². The van der Waals surface area contributed by atoms with Crippen LogP contribution >= 0.6 is 11.8 Å². The van der Waals surface area contributed by atoms with Gasteiger partial charge in [-0.2, -0.15) is 16.9 Å². The van der Waals surface area contributed by atoms with E-state index < -0.39 is 0 Å². The normalized spacial score (nSPS) is 10.2. The zero-order valence-electron chi connectivity index (χ0n) is 11.3. The lowest BCUT2D eigenvalue weighted by Crippen LogP contribution is -2.34. The van der Waals surface area contributed by atoms with Crippen LogP contribution in [0.5, 0.6) is 0 Å². The number of nitrogens with one attached hydrogen (secondary N) is 3. The SMILES string of the molecule is CSCc1cccc(CNC(=O)NCc2ccn[nH]2)c1. The van der Waals surface area contributed by atoms with Crippen LogP contribution in [-0.2, 0) is 18.8 Å². The number of rotatable bonds is 6. The highest BCUT2D eigenvalue weighted by Gasteiger charge is 2.02. The molecule has 20 heavy (non-hydrogen) atoms. The van der Waals surface area contributed by atoms with Gasteiger partial charge in [-0.05, 0) is 23.4 Å². The number of nitrogens with zero attached hydrogens (tertiary/aromatic N) is 1.